The molecule has 1 aromatic rings. The molecule has 0 bridgehead atoms. The number of benzene rings is 1. The maximum atomic E-state index is 11.4. The molecule has 5 heteroatoms. The monoisotopic (exact) mass is 299 g/mol. The Morgan fingerprint density at radius 3 is 1.95 bits per heavy atom. The minimum atomic E-state index is -4.24. The van der Waals surface area contributed by atoms with Crippen molar-refractivity contribution < 1.29 is 14.4 Å². The van der Waals surface area contributed by atoms with Crippen molar-refractivity contribution in [1.82, 2.24) is 5.09 Å². The molecule has 1 rings (SSSR count). The molecule has 0 fully saturated rings. The van der Waals surface area contributed by atoms with Crippen LogP contribution in [0.25, 0.3) is 0 Å². The van der Waals surface area contributed by atoms with Crippen LogP contribution in [0, 0.1) is 17.8 Å². The van der Waals surface area contributed by atoms with Crippen LogP contribution in [0.1, 0.15) is 33.3 Å². The summed E-state index contributed by atoms with van der Waals surface area (Å²) in [5.41, 5.74) is 1.09. The van der Waals surface area contributed by atoms with Gasteiger partial charge in [0.05, 0.1) is 0 Å². The SMILES string of the molecule is CC(C)C(C(C)C)C(Cc1ccccc1)NP(=O)(O)O. The zero-order valence-corrected chi connectivity index (χ0v) is 13.5. The summed E-state index contributed by atoms with van der Waals surface area (Å²) in [7, 11) is -4.24. The first-order valence-electron chi connectivity index (χ1n) is 7.08. The normalized spacial score (nSPS) is 14.2. The lowest BCUT2D eigenvalue weighted by atomic mass is 9.78. The molecular formula is C15H26NO3P. The van der Waals surface area contributed by atoms with Crippen LogP contribution in [0.4, 0.5) is 0 Å². The number of rotatable bonds is 7. The van der Waals surface area contributed by atoms with E-state index in [0.717, 1.165) is 5.56 Å². The van der Waals surface area contributed by atoms with Crippen molar-refractivity contribution in [3.05, 3.63) is 35.9 Å². The highest BCUT2D eigenvalue weighted by molar-refractivity contribution is 7.49. The van der Waals surface area contributed by atoms with Gasteiger partial charge in [0.25, 0.3) is 0 Å². The third kappa shape index (κ3) is 5.76. The molecule has 0 aliphatic heterocycles. The summed E-state index contributed by atoms with van der Waals surface area (Å²) in [4.78, 5) is 18.6. The molecular weight excluding hydrogens is 273 g/mol. The van der Waals surface area contributed by atoms with Crippen LogP contribution in [0.5, 0.6) is 0 Å². The lowest BCUT2D eigenvalue weighted by molar-refractivity contribution is 0.213. The number of hydrogen-bond donors (Lipinski definition) is 3. The van der Waals surface area contributed by atoms with Crippen molar-refractivity contribution >= 4 is 7.75 Å². The summed E-state index contributed by atoms with van der Waals surface area (Å²) in [6.07, 6.45) is 0.618. The average molecular weight is 299 g/mol. The molecule has 1 unspecified atom stereocenters. The van der Waals surface area contributed by atoms with E-state index in [1.807, 2.05) is 30.3 Å². The molecule has 1 atom stereocenters. The van der Waals surface area contributed by atoms with Crippen molar-refractivity contribution in [2.24, 2.45) is 17.8 Å². The number of nitrogens with one attached hydrogen (secondary N) is 1. The van der Waals surface area contributed by atoms with Gasteiger partial charge in [0, 0.05) is 6.04 Å². The first-order chi connectivity index (χ1) is 9.20. The Morgan fingerprint density at radius 1 is 1.05 bits per heavy atom. The Hall–Kier alpha value is -0.670. The second-order valence-corrected chi connectivity index (χ2v) is 7.38. The maximum Gasteiger partial charge on any atom is 0.400 e. The van der Waals surface area contributed by atoms with E-state index in [4.69, 9.17) is 0 Å². The Morgan fingerprint density at radius 2 is 1.55 bits per heavy atom. The third-order valence-corrected chi connectivity index (χ3v) is 4.30. The van der Waals surface area contributed by atoms with E-state index in [1.54, 1.807) is 0 Å². The van der Waals surface area contributed by atoms with Crippen LogP contribution >= 0.6 is 7.75 Å². The molecule has 20 heavy (non-hydrogen) atoms. The minimum absolute atomic E-state index is 0.197. The van der Waals surface area contributed by atoms with E-state index >= 15 is 0 Å². The van der Waals surface area contributed by atoms with Crippen molar-refractivity contribution in [3.63, 3.8) is 0 Å². The van der Waals surface area contributed by atoms with Crippen LogP contribution in [0.2, 0.25) is 0 Å². The summed E-state index contributed by atoms with van der Waals surface area (Å²) in [6, 6.07) is 9.58. The summed E-state index contributed by atoms with van der Waals surface area (Å²) in [5, 5.41) is 2.53. The molecule has 0 heterocycles. The lowest BCUT2D eigenvalue weighted by Gasteiger charge is -2.34. The fourth-order valence-corrected chi connectivity index (χ4v) is 3.75. The van der Waals surface area contributed by atoms with Gasteiger partial charge in [-0.25, -0.2) is 9.65 Å². The van der Waals surface area contributed by atoms with E-state index in [1.165, 1.54) is 0 Å². The summed E-state index contributed by atoms with van der Waals surface area (Å²) in [6.45, 7) is 8.40. The largest absolute Gasteiger partial charge is 0.400 e. The zero-order valence-electron chi connectivity index (χ0n) is 12.7. The highest BCUT2D eigenvalue weighted by Crippen LogP contribution is 2.35. The third-order valence-electron chi connectivity index (χ3n) is 3.64. The Kier molecular flexibility index (Phi) is 6.41. The lowest BCUT2D eigenvalue weighted by Crippen LogP contribution is -2.41. The van der Waals surface area contributed by atoms with Crippen molar-refractivity contribution in [3.8, 4) is 0 Å². The van der Waals surface area contributed by atoms with Gasteiger partial charge in [-0.3, -0.25) is 0 Å². The number of hydrogen-bond acceptors (Lipinski definition) is 1. The first-order valence-corrected chi connectivity index (χ1v) is 8.69. The molecule has 0 spiro atoms. The predicted molar refractivity (Wildman–Crippen MR) is 82.3 cm³/mol. The zero-order chi connectivity index (χ0) is 15.3. The van der Waals surface area contributed by atoms with Gasteiger partial charge in [0.2, 0.25) is 0 Å². The maximum absolute atomic E-state index is 11.4. The van der Waals surface area contributed by atoms with Crippen molar-refractivity contribution in [2.75, 3.05) is 0 Å². The van der Waals surface area contributed by atoms with Crippen molar-refractivity contribution in [2.45, 2.75) is 40.2 Å². The standard InChI is InChI=1S/C15H26NO3P/c1-11(2)15(12(3)4)14(16-20(17,18)19)10-13-8-6-5-7-9-13/h5-9,11-12,14-15H,10H2,1-4H3,(H3,16,17,18,19). The Labute approximate surface area is 121 Å². The minimum Gasteiger partial charge on any atom is -0.313 e. The fourth-order valence-electron chi connectivity index (χ4n) is 3.05. The molecule has 1 aromatic carbocycles. The van der Waals surface area contributed by atoms with E-state index in [-0.39, 0.29) is 12.0 Å². The van der Waals surface area contributed by atoms with Gasteiger partial charge in [0.1, 0.15) is 0 Å². The van der Waals surface area contributed by atoms with Gasteiger partial charge >= 0.3 is 7.75 Å². The van der Waals surface area contributed by atoms with Crippen molar-refractivity contribution in [1.29, 1.82) is 0 Å². The van der Waals surface area contributed by atoms with E-state index in [2.05, 4.69) is 32.8 Å². The van der Waals surface area contributed by atoms with Crippen LogP contribution in [-0.2, 0) is 11.0 Å². The first kappa shape index (κ1) is 17.4. The van der Waals surface area contributed by atoms with Crippen LogP contribution < -0.4 is 5.09 Å². The van der Waals surface area contributed by atoms with E-state index < -0.39 is 7.75 Å². The second-order valence-electron chi connectivity index (χ2n) is 6.03. The fraction of sp³-hybridized carbons (Fsp3) is 0.600. The van der Waals surface area contributed by atoms with Gasteiger partial charge < -0.3 is 9.79 Å². The molecule has 0 aromatic heterocycles. The average Bonchev–Trinajstić information content (AvgIpc) is 2.26. The predicted octanol–water partition coefficient (Wildman–Crippen LogP) is 3.21. The summed E-state index contributed by atoms with van der Waals surface area (Å²) in [5.74, 6) is 0.897. The quantitative estimate of drug-likeness (QED) is 0.676. The Bertz CT molecular complexity index is 434. The topological polar surface area (TPSA) is 69.6 Å². The molecule has 3 N–H and O–H groups in total. The summed E-state index contributed by atoms with van der Waals surface area (Å²) >= 11 is 0. The molecule has 114 valence electrons. The highest BCUT2D eigenvalue weighted by atomic mass is 31.2. The van der Waals surface area contributed by atoms with E-state index in [0.29, 0.717) is 18.3 Å². The second kappa shape index (κ2) is 7.37. The van der Waals surface area contributed by atoms with Gasteiger partial charge in [-0.05, 0) is 29.7 Å². The summed E-state index contributed by atoms with van der Waals surface area (Å²) < 4.78 is 11.4. The highest BCUT2D eigenvalue weighted by Gasteiger charge is 2.31. The smallest absolute Gasteiger partial charge is 0.313 e. The van der Waals surface area contributed by atoms with Gasteiger partial charge in [-0.15, -0.1) is 0 Å². The van der Waals surface area contributed by atoms with Crippen LogP contribution in [-0.4, -0.2) is 15.8 Å². The van der Waals surface area contributed by atoms with Crippen LogP contribution in [0.3, 0.4) is 0 Å². The van der Waals surface area contributed by atoms with E-state index in [9.17, 15) is 14.4 Å². The molecule has 0 aliphatic rings. The molecule has 0 amide bonds. The molecule has 0 saturated carbocycles. The molecule has 0 radical (unpaired) electrons. The van der Waals surface area contributed by atoms with Gasteiger partial charge in [0.15, 0.2) is 0 Å². The van der Waals surface area contributed by atoms with Gasteiger partial charge in [-0.2, -0.15) is 0 Å². The molecule has 0 aliphatic carbocycles. The van der Waals surface area contributed by atoms with Gasteiger partial charge in [-0.1, -0.05) is 58.0 Å². The molecule has 0 saturated heterocycles. The molecule has 4 nitrogen and oxygen atoms in total. The Balaban J connectivity index is 2.98. The van der Waals surface area contributed by atoms with Crippen LogP contribution in [0.15, 0.2) is 30.3 Å².